The Morgan fingerprint density at radius 2 is 1.86 bits per heavy atom. The van der Waals surface area contributed by atoms with Crippen LogP contribution in [0, 0.1) is 0 Å². The van der Waals surface area contributed by atoms with E-state index in [0.717, 1.165) is 5.69 Å². The van der Waals surface area contributed by atoms with Gasteiger partial charge in [-0.05, 0) is 31.2 Å². The third kappa shape index (κ3) is 2.33. The number of para-hydroxylation sites is 1. The van der Waals surface area contributed by atoms with E-state index in [1.807, 2.05) is 30.3 Å². The Morgan fingerprint density at radius 3 is 2.52 bits per heavy atom. The normalized spacial score (nSPS) is 12.5. The Morgan fingerprint density at radius 1 is 1.14 bits per heavy atom. The van der Waals surface area contributed by atoms with E-state index in [9.17, 15) is 4.79 Å². The first-order valence-corrected chi connectivity index (χ1v) is 6.99. The number of nitrogens with two attached hydrogens (primary N) is 1. The van der Waals surface area contributed by atoms with Crippen molar-refractivity contribution in [2.75, 3.05) is 0 Å². The second kappa shape index (κ2) is 5.31. The van der Waals surface area contributed by atoms with Gasteiger partial charge in [-0.1, -0.05) is 35.9 Å². The summed E-state index contributed by atoms with van der Waals surface area (Å²) in [5.74, 6) is 0.515. The molecule has 0 aliphatic heterocycles. The number of hydrogen-bond acceptors (Lipinski definition) is 3. The minimum atomic E-state index is -0.374. The van der Waals surface area contributed by atoms with Gasteiger partial charge in [-0.15, -0.1) is 0 Å². The molecule has 2 N–H and O–H groups in total. The third-order valence-electron chi connectivity index (χ3n) is 3.29. The molecule has 21 heavy (non-hydrogen) atoms. The van der Waals surface area contributed by atoms with Crippen LogP contribution in [0.3, 0.4) is 0 Å². The lowest BCUT2D eigenvalue weighted by Crippen LogP contribution is -2.27. The van der Waals surface area contributed by atoms with Gasteiger partial charge in [-0.3, -0.25) is 9.36 Å². The molecule has 3 aromatic rings. The molecular formula is C16H14ClN3O. The molecule has 0 spiro atoms. The van der Waals surface area contributed by atoms with Crippen LogP contribution in [0.15, 0.2) is 53.3 Å². The van der Waals surface area contributed by atoms with Crippen LogP contribution in [0.25, 0.3) is 16.6 Å². The molecule has 0 aliphatic rings. The van der Waals surface area contributed by atoms with Gasteiger partial charge < -0.3 is 5.73 Å². The van der Waals surface area contributed by atoms with Crippen molar-refractivity contribution in [3.05, 3.63) is 69.7 Å². The smallest absolute Gasteiger partial charge is 0.267 e. The molecule has 0 bridgehead atoms. The summed E-state index contributed by atoms with van der Waals surface area (Å²) in [5, 5.41) is 0.804. The average molecular weight is 300 g/mol. The highest BCUT2D eigenvalue weighted by Gasteiger charge is 2.16. The van der Waals surface area contributed by atoms with Crippen LogP contribution in [-0.2, 0) is 0 Å². The third-order valence-corrected chi connectivity index (χ3v) is 3.61. The predicted molar refractivity (Wildman–Crippen MR) is 85.0 cm³/mol. The highest BCUT2D eigenvalue weighted by atomic mass is 35.5. The Labute approximate surface area is 126 Å². The molecule has 0 aliphatic carbocycles. The number of benzene rings is 2. The molecule has 3 rings (SSSR count). The number of rotatable bonds is 2. The van der Waals surface area contributed by atoms with Crippen LogP contribution in [-0.4, -0.2) is 9.55 Å². The van der Waals surface area contributed by atoms with E-state index in [1.165, 1.54) is 4.57 Å². The van der Waals surface area contributed by atoms with E-state index in [1.54, 1.807) is 25.1 Å². The molecule has 1 heterocycles. The zero-order valence-corrected chi connectivity index (χ0v) is 12.2. The lowest BCUT2D eigenvalue weighted by atomic mass is 10.2. The maximum atomic E-state index is 12.9. The minimum Gasteiger partial charge on any atom is -0.322 e. The second-order valence-electron chi connectivity index (χ2n) is 4.87. The minimum absolute atomic E-state index is 0.205. The Kier molecular flexibility index (Phi) is 3.49. The predicted octanol–water partition coefficient (Wildman–Crippen LogP) is 3.06. The van der Waals surface area contributed by atoms with E-state index < -0.39 is 0 Å². The van der Waals surface area contributed by atoms with Crippen molar-refractivity contribution >= 4 is 22.5 Å². The molecule has 5 heteroatoms. The van der Waals surface area contributed by atoms with Crippen molar-refractivity contribution < 1.29 is 0 Å². The maximum absolute atomic E-state index is 12.9. The Hall–Kier alpha value is -2.17. The summed E-state index contributed by atoms with van der Waals surface area (Å²) in [7, 11) is 0. The summed E-state index contributed by atoms with van der Waals surface area (Å²) in [4.78, 5) is 17.4. The molecule has 1 aromatic heterocycles. The second-order valence-corrected chi connectivity index (χ2v) is 5.28. The number of hydrogen-bond donors (Lipinski definition) is 1. The fourth-order valence-electron chi connectivity index (χ4n) is 2.34. The van der Waals surface area contributed by atoms with Crippen LogP contribution in [0.2, 0.25) is 5.02 Å². The SMILES string of the molecule is CC(N)c1nc2cccc(Cl)c2c(=O)n1-c1ccccc1. The van der Waals surface area contributed by atoms with Gasteiger partial charge in [0.2, 0.25) is 0 Å². The molecule has 4 nitrogen and oxygen atoms in total. The van der Waals surface area contributed by atoms with Crippen LogP contribution in [0.5, 0.6) is 0 Å². The highest BCUT2D eigenvalue weighted by Crippen LogP contribution is 2.21. The van der Waals surface area contributed by atoms with Gasteiger partial charge in [0.05, 0.1) is 27.7 Å². The first kappa shape index (κ1) is 13.8. The molecule has 2 aromatic carbocycles. The van der Waals surface area contributed by atoms with Crippen molar-refractivity contribution in [1.29, 1.82) is 0 Å². The van der Waals surface area contributed by atoms with Crippen molar-refractivity contribution in [1.82, 2.24) is 9.55 Å². The maximum Gasteiger partial charge on any atom is 0.267 e. The Balaban J connectivity index is 2.47. The zero-order valence-electron chi connectivity index (χ0n) is 11.5. The number of fused-ring (bicyclic) bond motifs is 1. The summed E-state index contributed by atoms with van der Waals surface area (Å²) < 4.78 is 1.53. The van der Waals surface area contributed by atoms with Crippen molar-refractivity contribution in [2.45, 2.75) is 13.0 Å². The van der Waals surface area contributed by atoms with Crippen molar-refractivity contribution in [3.8, 4) is 5.69 Å². The molecule has 0 radical (unpaired) electrons. The van der Waals surface area contributed by atoms with Gasteiger partial charge in [0, 0.05) is 0 Å². The van der Waals surface area contributed by atoms with Gasteiger partial charge in [0.15, 0.2) is 0 Å². The van der Waals surface area contributed by atoms with Gasteiger partial charge in [0.1, 0.15) is 5.82 Å². The van der Waals surface area contributed by atoms with E-state index >= 15 is 0 Å². The van der Waals surface area contributed by atoms with Crippen LogP contribution in [0.4, 0.5) is 0 Å². The summed E-state index contributed by atoms with van der Waals surface area (Å²) in [6, 6.07) is 14.2. The van der Waals surface area contributed by atoms with E-state index in [0.29, 0.717) is 21.7 Å². The van der Waals surface area contributed by atoms with E-state index in [-0.39, 0.29) is 11.6 Å². The molecule has 0 saturated heterocycles. The van der Waals surface area contributed by atoms with Crippen LogP contribution >= 0.6 is 11.6 Å². The quantitative estimate of drug-likeness (QED) is 0.791. The molecular weight excluding hydrogens is 286 g/mol. The first-order chi connectivity index (χ1) is 10.1. The molecule has 0 amide bonds. The molecule has 0 fully saturated rings. The largest absolute Gasteiger partial charge is 0.322 e. The average Bonchev–Trinajstić information content (AvgIpc) is 2.47. The molecule has 1 atom stereocenters. The van der Waals surface area contributed by atoms with Gasteiger partial charge >= 0.3 is 0 Å². The molecule has 1 unspecified atom stereocenters. The zero-order chi connectivity index (χ0) is 15.0. The van der Waals surface area contributed by atoms with Gasteiger partial charge in [-0.25, -0.2) is 4.98 Å². The van der Waals surface area contributed by atoms with Crippen LogP contribution < -0.4 is 11.3 Å². The lowest BCUT2D eigenvalue weighted by Gasteiger charge is -2.16. The van der Waals surface area contributed by atoms with Gasteiger partial charge in [-0.2, -0.15) is 0 Å². The fraction of sp³-hybridized carbons (Fsp3) is 0.125. The van der Waals surface area contributed by atoms with E-state index in [4.69, 9.17) is 17.3 Å². The topological polar surface area (TPSA) is 60.9 Å². The Bertz CT molecular complexity index is 857. The first-order valence-electron chi connectivity index (χ1n) is 6.62. The highest BCUT2D eigenvalue weighted by molar-refractivity contribution is 6.35. The monoisotopic (exact) mass is 299 g/mol. The number of nitrogens with zero attached hydrogens (tertiary/aromatic N) is 2. The van der Waals surface area contributed by atoms with E-state index in [2.05, 4.69) is 4.98 Å². The summed E-state index contributed by atoms with van der Waals surface area (Å²) >= 11 is 6.17. The lowest BCUT2D eigenvalue weighted by molar-refractivity contribution is 0.696. The van der Waals surface area contributed by atoms with Gasteiger partial charge in [0.25, 0.3) is 5.56 Å². The number of aromatic nitrogens is 2. The van der Waals surface area contributed by atoms with Crippen molar-refractivity contribution in [3.63, 3.8) is 0 Å². The van der Waals surface area contributed by atoms with Crippen LogP contribution in [0.1, 0.15) is 18.8 Å². The summed E-state index contributed by atoms with van der Waals surface area (Å²) in [5.41, 5.74) is 7.08. The fourth-order valence-corrected chi connectivity index (χ4v) is 2.59. The summed E-state index contributed by atoms with van der Waals surface area (Å²) in [6.45, 7) is 1.80. The molecule has 106 valence electrons. The molecule has 0 saturated carbocycles. The number of halogens is 1. The standard InChI is InChI=1S/C16H14ClN3O/c1-10(18)15-19-13-9-5-8-12(17)14(13)16(21)20(15)11-6-3-2-4-7-11/h2-10H,18H2,1H3. The summed E-state index contributed by atoms with van der Waals surface area (Å²) in [6.07, 6.45) is 0. The van der Waals surface area contributed by atoms with Crippen molar-refractivity contribution in [2.24, 2.45) is 5.73 Å².